The van der Waals surface area contributed by atoms with E-state index in [2.05, 4.69) is 37.4 Å². The van der Waals surface area contributed by atoms with E-state index in [0.717, 1.165) is 33.7 Å². The molecule has 154 valence electrons. The van der Waals surface area contributed by atoms with Gasteiger partial charge in [0.2, 0.25) is 0 Å². The molecule has 0 fully saturated rings. The second kappa shape index (κ2) is 6.47. The van der Waals surface area contributed by atoms with Gasteiger partial charge in [0, 0.05) is 16.7 Å². The molecule has 5 rings (SSSR count). The molecule has 3 aromatic rings. The summed E-state index contributed by atoms with van der Waals surface area (Å²) in [7, 11) is 1.65. The van der Waals surface area contributed by atoms with Crippen LogP contribution in [0.15, 0.2) is 60.7 Å². The third-order valence-corrected chi connectivity index (χ3v) is 6.84. The standard InChI is InChI=1S/C25H25FN2O2/c1-24(2)19-13-16(15-7-10-17(26)11-8-15)9-12-20(19)28-23-18-5-4-6-21(29-3)22(18)30-14-25(23,24)27/h4-13,23,28H,14,27H2,1-3H3/t23?,25-/m1/s1. The van der Waals surface area contributed by atoms with Gasteiger partial charge in [-0.1, -0.05) is 44.2 Å². The fourth-order valence-corrected chi connectivity index (χ4v) is 4.79. The van der Waals surface area contributed by atoms with Gasteiger partial charge in [0.15, 0.2) is 11.5 Å². The van der Waals surface area contributed by atoms with Gasteiger partial charge in [-0.05, 0) is 47.0 Å². The molecule has 30 heavy (non-hydrogen) atoms. The van der Waals surface area contributed by atoms with Gasteiger partial charge < -0.3 is 20.5 Å². The van der Waals surface area contributed by atoms with Crippen LogP contribution in [0.4, 0.5) is 10.1 Å². The number of nitrogens with one attached hydrogen (secondary N) is 1. The van der Waals surface area contributed by atoms with Gasteiger partial charge >= 0.3 is 0 Å². The van der Waals surface area contributed by atoms with Gasteiger partial charge in [0.1, 0.15) is 12.4 Å². The van der Waals surface area contributed by atoms with E-state index in [1.165, 1.54) is 12.1 Å². The summed E-state index contributed by atoms with van der Waals surface area (Å²) in [5, 5.41) is 3.67. The Morgan fingerprint density at radius 2 is 1.80 bits per heavy atom. The maximum Gasteiger partial charge on any atom is 0.166 e. The lowest BCUT2D eigenvalue weighted by Gasteiger charge is -2.55. The van der Waals surface area contributed by atoms with Gasteiger partial charge in [-0.15, -0.1) is 0 Å². The van der Waals surface area contributed by atoms with Crippen LogP contribution in [0.2, 0.25) is 0 Å². The van der Waals surface area contributed by atoms with Crippen LogP contribution in [0, 0.1) is 5.82 Å². The number of rotatable bonds is 2. The van der Waals surface area contributed by atoms with E-state index < -0.39 is 5.54 Å². The molecule has 0 amide bonds. The van der Waals surface area contributed by atoms with Crippen molar-refractivity contribution >= 4 is 5.69 Å². The van der Waals surface area contributed by atoms with Crippen LogP contribution >= 0.6 is 0 Å². The lowest BCUT2D eigenvalue weighted by atomic mass is 9.60. The molecule has 0 aromatic heterocycles. The summed E-state index contributed by atoms with van der Waals surface area (Å²) in [6.07, 6.45) is 0. The van der Waals surface area contributed by atoms with Crippen molar-refractivity contribution in [3.8, 4) is 22.6 Å². The molecule has 5 heteroatoms. The smallest absolute Gasteiger partial charge is 0.166 e. The lowest BCUT2D eigenvalue weighted by molar-refractivity contribution is 0.0969. The number of ether oxygens (including phenoxy) is 2. The molecule has 2 aliphatic rings. The Balaban J connectivity index is 1.64. The Bertz CT molecular complexity index is 1130. The maximum absolute atomic E-state index is 13.4. The van der Waals surface area contributed by atoms with Crippen molar-refractivity contribution in [1.29, 1.82) is 0 Å². The summed E-state index contributed by atoms with van der Waals surface area (Å²) in [5.41, 5.74) is 11.2. The molecule has 0 spiro atoms. The van der Waals surface area contributed by atoms with Crippen molar-refractivity contribution in [3.05, 3.63) is 77.6 Å². The SMILES string of the molecule is COc1cccc2c1OC[C@@]1(N)C2Nc2ccc(-c3ccc(F)cc3)cc2C1(C)C. The zero-order chi connectivity index (χ0) is 21.1. The first-order valence-electron chi connectivity index (χ1n) is 10.1. The summed E-state index contributed by atoms with van der Waals surface area (Å²) >= 11 is 0. The average Bonchev–Trinajstić information content (AvgIpc) is 2.75. The van der Waals surface area contributed by atoms with Crippen LogP contribution in [0.3, 0.4) is 0 Å². The third-order valence-electron chi connectivity index (χ3n) is 6.84. The Kier molecular flexibility index (Phi) is 4.09. The number of fused-ring (bicyclic) bond motifs is 4. The van der Waals surface area contributed by atoms with Crippen LogP contribution < -0.4 is 20.5 Å². The Labute approximate surface area is 175 Å². The Hall–Kier alpha value is -3.05. The highest BCUT2D eigenvalue weighted by Gasteiger charge is 2.56. The van der Waals surface area contributed by atoms with Crippen LogP contribution in [0.25, 0.3) is 11.1 Å². The van der Waals surface area contributed by atoms with E-state index in [1.54, 1.807) is 19.2 Å². The number of nitrogens with two attached hydrogens (primary N) is 1. The molecule has 2 heterocycles. The van der Waals surface area contributed by atoms with Gasteiger partial charge in [-0.2, -0.15) is 0 Å². The number of anilines is 1. The molecule has 1 unspecified atom stereocenters. The molecule has 4 nitrogen and oxygen atoms in total. The molecule has 0 bridgehead atoms. The minimum Gasteiger partial charge on any atom is -0.493 e. The predicted molar refractivity (Wildman–Crippen MR) is 117 cm³/mol. The van der Waals surface area contributed by atoms with Gasteiger partial charge in [0.05, 0.1) is 18.7 Å². The van der Waals surface area contributed by atoms with E-state index in [-0.39, 0.29) is 17.3 Å². The first-order chi connectivity index (χ1) is 14.3. The first-order valence-corrected chi connectivity index (χ1v) is 10.1. The molecule has 0 saturated heterocycles. The van der Waals surface area contributed by atoms with Crippen molar-refractivity contribution in [1.82, 2.24) is 0 Å². The normalized spacial score (nSPS) is 23.3. The highest BCUT2D eigenvalue weighted by atomic mass is 19.1. The van der Waals surface area contributed by atoms with Crippen molar-refractivity contribution in [2.75, 3.05) is 19.0 Å². The highest BCUT2D eigenvalue weighted by Crippen LogP contribution is 2.55. The Morgan fingerprint density at radius 3 is 2.53 bits per heavy atom. The minimum absolute atomic E-state index is 0.115. The molecule has 3 aromatic carbocycles. The number of benzene rings is 3. The summed E-state index contributed by atoms with van der Waals surface area (Å²) in [6, 6.07) is 18.7. The van der Waals surface area contributed by atoms with Crippen molar-refractivity contribution in [2.24, 2.45) is 5.73 Å². The maximum atomic E-state index is 13.4. The van der Waals surface area contributed by atoms with Crippen molar-refractivity contribution in [2.45, 2.75) is 30.8 Å². The molecule has 3 N–H and O–H groups in total. The number of hydrogen-bond donors (Lipinski definition) is 2. The summed E-state index contributed by atoms with van der Waals surface area (Å²) in [4.78, 5) is 0. The molecule has 2 aliphatic heterocycles. The fourth-order valence-electron chi connectivity index (χ4n) is 4.79. The molecule has 0 aliphatic carbocycles. The predicted octanol–water partition coefficient (Wildman–Crippen LogP) is 5.04. The van der Waals surface area contributed by atoms with Crippen LogP contribution in [-0.2, 0) is 5.41 Å². The fraction of sp³-hybridized carbons (Fsp3) is 0.280. The zero-order valence-electron chi connectivity index (χ0n) is 17.3. The summed E-state index contributed by atoms with van der Waals surface area (Å²) in [6.45, 7) is 4.70. The van der Waals surface area contributed by atoms with E-state index in [1.807, 2.05) is 18.2 Å². The van der Waals surface area contributed by atoms with Crippen LogP contribution in [-0.4, -0.2) is 19.3 Å². The van der Waals surface area contributed by atoms with Crippen LogP contribution in [0.1, 0.15) is 31.0 Å². The van der Waals surface area contributed by atoms with Crippen molar-refractivity contribution in [3.63, 3.8) is 0 Å². The second-order valence-electron chi connectivity index (χ2n) is 8.68. The van der Waals surface area contributed by atoms with Gasteiger partial charge in [-0.25, -0.2) is 4.39 Å². The van der Waals surface area contributed by atoms with E-state index in [9.17, 15) is 4.39 Å². The van der Waals surface area contributed by atoms with E-state index in [4.69, 9.17) is 15.2 Å². The average molecular weight is 404 g/mol. The molecule has 0 radical (unpaired) electrons. The summed E-state index contributed by atoms with van der Waals surface area (Å²) < 4.78 is 25.0. The zero-order valence-corrected chi connectivity index (χ0v) is 17.3. The molecular formula is C25H25FN2O2. The monoisotopic (exact) mass is 404 g/mol. The van der Waals surface area contributed by atoms with E-state index >= 15 is 0 Å². The lowest BCUT2D eigenvalue weighted by Crippen LogP contribution is -2.68. The number of hydrogen-bond acceptors (Lipinski definition) is 4. The van der Waals surface area contributed by atoms with Crippen LogP contribution in [0.5, 0.6) is 11.5 Å². The first kappa shape index (κ1) is 18.9. The molecular weight excluding hydrogens is 379 g/mol. The Morgan fingerprint density at radius 1 is 1.07 bits per heavy atom. The highest BCUT2D eigenvalue weighted by molar-refractivity contribution is 5.73. The van der Waals surface area contributed by atoms with E-state index in [0.29, 0.717) is 12.4 Å². The largest absolute Gasteiger partial charge is 0.493 e. The quantitative estimate of drug-likeness (QED) is 0.629. The second-order valence-corrected chi connectivity index (χ2v) is 8.68. The summed E-state index contributed by atoms with van der Waals surface area (Å²) in [5.74, 6) is 1.23. The number of halogens is 1. The van der Waals surface area contributed by atoms with Gasteiger partial charge in [-0.3, -0.25) is 0 Å². The third kappa shape index (κ3) is 2.55. The molecule has 0 saturated carbocycles. The van der Waals surface area contributed by atoms with Crippen molar-refractivity contribution < 1.29 is 13.9 Å². The minimum atomic E-state index is -0.666. The van der Waals surface area contributed by atoms with Gasteiger partial charge in [0.25, 0.3) is 0 Å². The number of methoxy groups -OCH3 is 1. The molecule has 2 atom stereocenters. The number of para-hydroxylation sites is 1. The topological polar surface area (TPSA) is 56.5 Å².